The van der Waals surface area contributed by atoms with Crippen LogP contribution in [0.4, 0.5) is 0 Å². The molecule has 0 amide bonds. The summed E-state index contributed by atoms with van der Waals surface area (Å²) in [4.78, 5) is 0. The third kappa shape index (κ3) is 2.24. The Balaban J connectivity index is 1.95. The first-order valence-electron chi connectivity index (χ1n) is 6.87. The van der Waals surface area contributed by atoms with Gasteiger partial charge >= 0.3 is 0 Å². The van der Waals surface area contributed by atoms with Crippen molar-refractivity contribution in [3.8, 4) is 11.1 Å². The molecule has 1 aliphatic carbocycles. The molecule has 0 fully saturated rings. The molecule has 1 aliphatic rings. The molecule has 0 saturated carbocycles. The van der Waals surface area contributed by atoms with Crippen LogP contribution >= 0.6 is 0 Å². The largest absolute Gasteiger partial charge is 0.393 e. The van der Waals surface area contributed by atoms with E-state index in [9.17, 15) is 5.11 Å². The number of aliphatic hydroxyl groups is 2. The number of benzene rings is 2. The van der Waals surface area contributed by atoms with Crippen LogP contribution in [0.3, 0.4) is 0 Å². The molecule has 0 spiro atoms. The van der Waals surface area contributed by atoms with Crippen LogP contribution in [-0.4, -0.2) is 29.0 Å². The van der Waals surface area contributed by atoms with Crippen LogP contribution in [0.25, 0.3) is 11.1 Å². The quantitative estimate of drug-likeness (QED) is 0.796. The SMILES string of the molecule is CC(O)(CO)CNC1c2ccccc2-c2ccccc21. The molecule has 0 bridgehead atoms. The zero-order chi connectivity index (χ0) is 14.2. The van der Waals surface area contributed by atoms with E-state index < -0.39 is 5.60 Å². The van der Waals surface area contributed by atoms with Crippen LogP contribution in [-0.2, 0) is 0 Å². The fourth-order valence-corrected chi connectivity index (χ4v) is 2.75. The van der Waals surface area contributed by atoms with E-state index >= 15 is 0 Å². The van der Waals surface area contributed by atoms with Crippen molar-refractivity contribution < 1.29 is 10.2 Å². The molecule has 104 valence electrons. The van der Waals surface area contributed by atoms with Gasteiger partial charge in [-0.15, -0.1) is 0 Å². The van der Waals surface area contributed by atoms with Gasteiger partial charge < -0.3 is 15.5 Å². The van der Waals surface area contributed by atoms with E-state index in [1.165, 1.54) is 22.3 Å². The highest BCUT2D eigenvalue weighted by atomic mass is 16.3. The molecule has 0 radical (unpaired) electrons. The van der Waals surface area contributed by atoms with E-state index in [1.54, 1.807) is 6.92 Å². The average molecular weight is 269 g/mol. The predicted octanol–water partition coefficient (Wildman–Crippen LogP) is 2.09. The molecule has 3 nitrogen and oxygen atoms in total. The Labute approximate surface area is 118 Å². The number of rotatable bonds is 4. The van der Waals surface area contributed by atoms with E-state index in [0.717, 1.165) is 0 Å². The third-order valence-corrected chi connectivity index (χ3v) is 3.86. The first-order valence-corrected chi connectivity index (χ1v) is 6.87. The first-order chi connectivity index (χ1) is 9.62. The summed E-state index contributed by atoms with van der Waals surface area (Å²) >= 11 is 0. The maximum atomic E-state index is 9.97. The zero-order valence-electron chi connectivity index (χ0n) is 11.5. The lowest BCUT2D eigenvalue weighted by Gasteiger charge is -2.24. The molecule has 2 aromatic rings. The Morgan fingerprint density at radius 1 is 1.00 bits per heavy atom. The van der Waals surface area contributed by atoms with Crippen molar-refractivity contribution in [2.75, 3.05) is 13.2 Å². The Morgan fingerprint density at radius 2 is 1.50 bits per heavy atom. The summed E-state index contributed by atoms with van der Waals surface area (Å²) in [6.07, 6.45) is 0. The van der Waals surface area contributed by atoms with Crippen molar-refractivity contribution in [2.45, 2.75) is 18.6 Å². The van der Waals surface area contributed by atoms with Crippen LogP contribution in [0.2, 0.25) is 0 Å². The number of hydrogen-bond donors (Lipinski definition) is 3. The highest BCUT2D eigenvalue weighted by molar-refractivity contribution is 5.78. The molecule has 3 heteroatoms. The summed E-state index contributed by atoms with van der Waals surface area (Å²) < 4.78 is 0. The van der Waals surface area contributed by atoms with Gasteiger partial charge in [0.1, 0.15) is 0 Å². The van der Waals surface area contributed by atoms with Crippen LogP contribution in [0.15, 0.2) is 48.5 Å². The monoisotopic (exact) mass is 269 g/mol. The summed E-state index contributed by atoms with van der Waals surface area (Å²) in [5.41, 5.74) is 3.82. The topological polar surface area (TPSA) is 52.5 Å². The van der Waals surface area contributed by atoms with Crippen molar-refractivity contribution in [3.05, 3.63) is 59.7 Å². The second kappa shape index (κ2) is 5.02. The van der Waals surface area contributed by atoms with Gasteiger partial charge in [-0.3, -0.25) is 0 Å². The highest BCUT2D eigenvalue weighted by Crippen LogP contribution is 2.42. The van der Waals surface area contributed by atoms with Gasteiger partial charge in [-0.05, 0) is 29.2 Å². The smallest absolute Gasteiger partial charge is 0.0973 e. The summed E-state index contributed by atoms with van der Waals surface area (Å²) in [6, 6.07) is 16.7. The molecule has 20 heavy (non-hydrogen) atoms. The van der Waals surface area contributed by atoms with Gasteiger partial charge in [0.05, 0.1) is 18.2 Å². The maximum Gasteiger partial charge on any atom is 0.0973 e. The molecular formula is C17H19NO2. The fourth-order valence-electron chi connectivity index (χ4n) is 2.75. The second-order valence-corrected chi connectivity index (χ2v) is 5.64. The van der Waals surface area contributed by atoms with Gasteiger partial charge in [0, 0.05) is 6.54 Å². The van der Waals surface area contributed by atoms with Crippen molar-refractivity contribution in [1.29, 1.82) is 0 Å². The molecule has 0 aliphatic heterocycles. The van der Waals surface area contributed by atoms with Crippen molar-refractivity contribution in [3.63, 3.8) is 0 Å². The Bertz CT molecular complexity index is 576. The molecule has 2 aromatic carbocycles. The third-order valence-electron chi connectivity index (χ3n) is 3.86. The number of fused-ring (bicyclic) bond motifs is 3. The Hall–Kier alpha value is -1.68. The second-order valence-electron chi connectivity index (χ2n) is 5.64. The van der Waals surface area contributed by atoms with E-state index in [0.29, 0.717) is 6.54 Å². The molecule has 3 rings (SSSR count). The van der Waals surface area contributed by atoms with Gasteiger partial charge in [0.2, 0.25) is 0 Å². The predicted molar refractivity (Wildman–Crippen MR) is 79.4 cm³/mol. The zero-order valence-corrected chi connectivity index (χ0v) is 11.5. The minimum absolute atomic E-state index is 0.0698. The summed E-state index contributed by atoms with van der Waals surface area (Å²) in [5, 5.41) is 22.5. The van der Waals surface area contributed by atoms with Gasteiger partial charge in [-0.2, -0.15) is 0 Å². The lowest BCUT2D eigenvalue weighted by Crippen LogP contribution is -2.42. The van der Waals surface area contributed by atoms with E-state index in [2.05, 4.69) is 29.6 Å². The normalized spacial score (nSPS) is 16.6. The fraction of sp³-hybridized carbons (Fsp3) is 0.294. The van der Waals surface area contributed by atoms with Crippen LogP contribution in [0, 0.1) is 0 Å². The number of hydrogen-bond acceptors (Lipinski definition) is 3. The van der Waals surface area contributed by atoms with Gasteiger partial charge in [0.15, 0.2) is 0 Å². The molecule has 1 unspecified atom stereocenters. The summed E-state index contributed by atoms with van der Waals surface area (Å²) in [6.45, 7) is 1.72. The van der Waals surface area contributed by atoms with Crippen LogP contribution in [0.5, 0.6) is 0 Å². The van der Waals surface area contributed by atoms with Crippen molar-refractivity contribution >= 4 is 0 Å². The van der Waals surface area contributed by atoms with Crippen molar-refractivity contribution in [2.24, 2.45) is 0 Å². The molecule has 1 atom stereocenters. The van der Waals surface area contributed by atoms with E-state index in [1.807, 2.05) is 24.3 Å². The standard InChI is InChI=1S/C17H19NO2/c1-17(20,11-19)10-18-16-14-8-4-2-6-12(14)13-7-3-5-9-15(13)16/h2-9,16,18-20H,10-11H2,1H3. The lowest BCUT2D eigenvalue weighted by molar-refractivity contribution is 0.00156. The van der Waals surface area contributed by atoms with Crippen LogP contribution < -0.4 is 5.32 Å². The number of aliphatic hydroxyl groups excluding tert-OH is 1. The van der Waals surface area contributed by atoms with Gasteiger partial charge in [-0.25, -0.2) is 0 Å². The van der Waals surface area contributed by atoms with Crippen molar-refractivity contribution in [1.82, 2.24) is 5.32 Å². The van der Waals surface area contributed by atoms with Gasteiger partial charge in [-0.1, -0.05) is 48.5 Å². The molecule has 0 aromatic heterocycles. The Morgan fingerprint density at radius 3 is 2.00 bits per heavy atom. The van der Waals surface area contributed by atoms with E-state index in [4.69, 9.17) is 5.11 Å². The van der Waals surface area contributed by atoms with Gasteiger partial charge in [0.25, 0.3) is 0 Å². The lowest BCUT2D eigenvalue weighted by atomic mass is 10.0. The molecule has 3 N–H and O–H groups in total. The first kappa shape index (κ1) is 13.3. The molecule has 0 heterocycles. The summed E-state index contributed by atoms with van der Waals surface area (Å²) in [5.74, 6) is 0. The summed E-state index contributed by atoms with van der Waals surface area (Å²) in [7, 11) is 0. The minimum atomic E-state index is -1.10. The number of nitrogens with one attached hydrogen (secondary N) is 1. The molecular weight excluding hydrogens is 250 g/mol. The maximum absolute atomic E-state index is 9.97. The Kier molecular flexibility index (Phi) is 3.34. The van der Waals surface area contributed by atoms with Crippen LogP contribution in [0.1, 0.15) is 24.1 Å². The highest BCUT2D eigenvalue weighted by Gasteiger charge is 2.29. The molecule has 0 saturated heterocycles. The average Bonchev–Trinajstić information content (AvgIpc) is 2.80. The van der Waals surface area contributed by atoms with E-state index in [-0.39, 0.29) is 12.6 Å². The minimum Gasteiger partial charge on any atom is -0.393 e.